The van der Waals surface area contributed by atoms with Crippen LogP contribution in [0.2, 0.25) is 0 Å². The van der Waals surface area contributed by atoms with E-state index in [1.165, 1.54) is 6.26 Å². The summed E-state index contributed by atoms with van der Waals surface area (Å²) >= 11 is 0. The molecular formula is C11H15NO3. The van der Waals surface area contributed by atoms with Gasteiger partial charge in [-0.1, -0.05) is 0 Å². The Morgan fingerprint density at radius 2 is 2.53 bits per heavy atom. The molecule has 0 saturated carbocycles. The Labute approximate surface area is 88.6 Å². The van der Waals surface area contributed by atoms with Crippen LogP contribution in [0.3, 0.4) is 0 Å². The highest BCUT2D eigenvalue weighted by atomic mass is 16.5. The molecule has 1 aliphatic heterocycles. The van der Waals surface area contributed by atoms with Gasteiger partial charge in [-0.05, 0) is 31.4 Å². The van der Waals surface area contributed by atoms with Gasteiger partial charge in [0, 0.05) is 13.2 Å². The van der Waals surface area contributed by atoms with Crippen LogP contribution in [0.5, 0.6) is 0 Å². The first-order valence-corrected chi connectivity index (χ1v) is 5.29. The summed E-state index contributed by atoms with van der Waals surface area (Å²) < 4.78 is 10.4. The summed E-state index contributed by atoms with van der Waals surface area (Å²) in [7, 11) is 0. The molecule has 1 aromatic heterocycles. The lowest BCUT2D eigenvalue weighted by atomic mass is 10.2. The van der Waals surface area contributed by atoms with Gasteiger partial charge in [0.25, 0.3) is 5.91 Å². The van der Waals surface area contributed by atoms with Gasteiger partial charge in [0.15, 0.2) is 5.76 Å². The van der Waals surface area contributed by atoms with Crippen molar-refractivity contribution in [3.8, 4) is 0 Å². The Bertz CT molecular complexity index is 302. The van der Waals surface area contributed by atoms with Gasteiger partial charge in [-0.25, -0.2) is 0 Å². The lowest BCUT2D eigenvalue weighted by Crippen LogP contribution is -2.26. The van der Waals surface area contributed by atoms with Crippen molar-refractivity contribution in [2.75, 3.05) is 13.2 Å². The molecular weight excluding hydrogens is 194 g/mol. The van der Waals surface area contributed by atoms with Gasteiger partial charge >= 0.3 is 0 Å². The number of carbonyl (C=O) groups is 1. The predicted octanol–water partition coefficient (Wildman–Crippen LogP) is 1.58. The highest BCUT2D eigenvalue weighted by Crippen LogP contribution is 2.14. The maximum atomic E-state index is 11.4. The number of hydrogen-bond acceptors (Lipinski definition) is 3. The number of furan rings is 1. The van der Waals surface area contributed by atoms with Gasteiger partial charge in [-0.15, -0.1) is 0 Å². The highest BCUT2D eigenvalue weighted by Gasteiger charge is 2.15. The molecule has 2 rings (SSSR count). The van der Waals surface area contributed by atoms with E-state index in [1.54, 1.807) is 12.1 Å². The average molecular weight is 209 g/mol. The maximum absolute atomic E-state index is 11.4. The monoisotopic (exact) mass is 209 g/mol. The predicted molar refractivity (Wildman–Crippen MR) is 54.6 cm³/mol. The smallest absolute Gasteiger partial charge is 0.286 e. The molecule has 0 spiro atoms. The zero-order valence-electron chi connectivity index (χ0n) is 8.57. The van der Waals surface area contributed by atoms with Crippen LogP contribution in [0, 0.1) is 0 Å². The van der Waals surface area contributed by atoms with Crippen LogP contribution in [0.4, 0.5) is 0 Å². The molecule has 1 N–H and O–H groups in total. The molecule has 0 aromatic carbocycles. The normalized spacial score (nSPS) is 20.4. The molecule has 2 heterocycles. The quantitative estimate of drug-likeness (QED) is 0.819. The molecule has 1 fully saturated rings. The molecule has 4 heteroatoms. The molecule has 0 radical (unpaired) electrons. The van der Waals surface area contributed by atoms with E-state index in [0.717, 1.165) is 25.9 Å². The van der Waals surface area contributed by atoms with Crippen molar-refractivity contribution < 1.29 is 13.9 Å². The fourth-order valence-electron chi connectivity index (χ4n) is 1.71. The first-order valence-electron chi connectivity index (χ1n) is 5.29. The van der Waals surface area contributed by atoms with Crippen LogP contribution >= 0.6 is 0 Å². The van der Waals surface area contributed by atoms with Gasteiger partial charge in [0.05, 0.1) is 12.4 Å². The Kier molecular flexibility index (Phi) is 3.40. The molecule has 1 aromatic rings. The second-order valence-electron chi connectivity index (χ2n) is 3.66. The summed E-state index contributed by atoms with van der Waals surface area (Å²) in [5.41, 5.74) is 0. The van der Waals surface area contributed by atoms with Gasteiger partial charge in [-0.3, -0.25) is 4.79 Å². The Morgan fingerprint density at radius 1 is 1.60 bits per heavy atom. The SMILES string of the molecule is O=C(NCCC1CCCO1)c1ccco1. The van der Waals surface area contributed by atoms with E-state index in [-0.39, 0.29) is 5.91 Å². The van der Waals surface area contributed by atoms with Crippen LogP contribution < -0.4 is 5.32 Å². The fraction of sp³-hybridized carbons (Fsp3) is 0.545. The Hall–Kier alpha value is -1.29. The van der Waals surface area contributed by atoms with Gasteiger partial charge in [0.2, 0.25) is 0 Å². The molecule has 15 heavy (non-hydrogen) atoms. The third-order valence-corrected chi connectivity index (χ3v) is 2.52. The van der Waals surface area contributed by atoms with E-state index in [2.05, 4.69) is 5.32 Å². The number of ether oxygens (including phenoxy) is 1. The number of nitrogens with one attached hydrogen (secondary N) is 1. The number of rotatable bonds is 4. The zero-order valence-corrected chi connectivity index (χ0v) is 8.57. The van der Waals surface area contributed by atoms with Gasteiger partial charge in [-0.2, -0.15) is 0 Å². The third kappa shape index (κ3) is 2.83. The molecule has 1 amide bonds. The van der Waals surface area contributed by atoms with Crippen molar-refractivity contribution in [2.45, 2.75) is 25.4 Å². The summed E-state index contributed by atoms with van der Waals surface area (Å²) in [4.78, 5) is 11.4. The molecule has 82 valence electrons. The van der Waals surface area contributed by atoms with Gasteiger partial charge < -0.3 is 14.5 Å². The number of amides is 1. The molecule has 1 unspecified atom stereocenters. The van der Waals surface area contributed by atoms with E-state index < -0.39 is 0 Å². The lowest BCUT2D eigenvalue weighted by molar-refractivity contribution is 0.0884. The lowest BCUT2D eigenvalue weighted by Gasteiger charge is -2.08. The van der Waals surface area contributed by atoms with Crippen LogP contribution in [0.25, 0.3) is 0 Å². The number of hydrogen-bond donors (Lipinski definition) is 1. The first kappa shape index (κ1) is 10.2. The summed E-state index contributed by atoms with van der Waals surface area (Å²) in [6.45, 7) is 1.50. The highest BCUT2D eigenvalue weighted by molar-refractivity contribution is 5.91. The molecule has 1 saturated heterocycles. The van der Waals surface area contributed by atoms with E-state index in [1.807, 2.05) is 0 Å². The first-order chi connectivity index (χ1) is 7.36. The fourth-order valence-corrected chi connectivity index (χ4v) is 1.71. The minimum absolute atomic E-state index is 0.155. The topological polar surface area (TPSA) is 51.5 Å². The molecule has 1 atom stereocenters. The Morgan fingerprint density at radius 3 is 3.20 bits per heavy atom. The molecule has 1 aliphatic rings. The zero-order chi connectivity index (χ0) is 10.5. The van der Waals surface area contributed by atoms with Crippen molar-refractivity contribution in [1.82, 2.24) is 5.32 Å². The summed E-state index contributed by atoms with van der Waals surface area (Å²) in [5, 5.41) is 2.80. The van der Waals surface area contributed by atoms with E-state index in [0.29, 0.717) is 18.4 Å². The van der Waals surface area contributed by atoms with E-state index in [9.17, 15) is 4.79 Å². The van der Waals surface area contributed by atoms with Crippen molar-refractivity contribution in [1.29, 1.82) is 0 Å². The number of carbonyl (C=O) groups excluding carboxylic acids is 1. The Balaban J connectivity index is 1.67. The molecule has 0 aliphatic carbocycles. The summed E-state index contributed by atoms with van der Waals surface area (Å²) in [5.74, 6) is 0.209. The molecule has 0 bridgehead atoms. The van der Waals surface area contributed by atoms with Crippen LogP contribution in [0.1, 0.15) is 29.8 Å². The van der Waals surface area contributed by atoms with Crippen LogP contribution in [-0.2, 0) is 4.74 Å². The van der Waals surface area contributed by atoms with Crippen molar-refractivity contribution in [3.05, 3.63) is 24.2 Å². The second-order valence-corrected chi connectivity index (χ2v) is 3.66. The second kappa shape index (κ2) is 4.98. The maximum Gasteiger partial charge on any atom is 0.286 e. The van der Waals surface area contributed by atoms with E-state index in [4.69, 9.17) is 9.15 Å². The van der Waals surface area contributed by atoms with E-state index >= 15 is 0 Å². The average Bonchev–Trinajstić information content (AvgIpc) is 2.90. The minimum atomic E-state index is -0.155. The summed E-state index contributed by atoms with van der Waals surface area (Å²) in [6, 6.07) is 3.36. The van der Waals surface area contributed by atoms with Crippen LogP contribution in [0.15, 0.2) is 22.8 Å². The van der Waals surface area contributed by atoms with Crippen molar-refractivity contribution in [3.63, 3.8) is 0 Å². The molecule has 4 nitrogen and oxygen atoms in total. The third-order valence-electron chi connectivity index (χ3n) is 2.52. The van der Waals surface area contributed by atoms with Crippen LogP contribution in [-0.4, -0.2) is 25.2 Å². The van der Waals surface area contributed by atoms with Gasteiger partial charge in [0.1, 0.15) is 0 Å². The standard InChI is InChI=1S/C11H15NO3/c13-11(10-4-2-8-15-10)12-6-5-9-3-1-7-14-9/h2,4,8-9H,1,3,5-7H2,(H,12,13). The largest absolute Gasteiger partial charge is 0.459 e. The van der Waals surface area contributed by atoms with Crippen molar-refractivity contribution >= 4 is 5.91 Å². The summed E-state index contributed by atoms with van der Waals surface area (Å²) in [6.07, 6.45) is 4.94. The minimum Gasteiger partial charge on any atom is -0.459 e. The van der Waals surface area contributed by atoms with Crippen molar-refractivity contribution in [2.24, 2.45) is 0 Å².